The largest absolute Gasteiger partial charge is 0.334 e. The summed E-state index contributed by atoms with van der Waals surface area (Å²) in [6, 6.07) is 8.21. The molecule has 2 aromatic rings. The van der Waals surface area contributed by atoms with Gasteiger partial charge in [-0.25, -0.2) is 17.6 Å². The molecule has 0 bridgehead atoms. The van der Waals surface area contributed by atoms with E-state index in [0.717, 1.165) is 5.69 Å². The van der Waals surface area contributed by atoms with Gasteiger partial charge in [0.25, 0.3) is 0 Å². The summed E-state index contributed by atoms with van der Waals surface area (Å²) in [4.78, 5) is 18.3. The highest BCUT2D eigenvalue weighted by atomic mass is 32.2. The molecule has 0 unspecified atom stereocenters. The third-order valence-corrected chi connectivity index (χ3v) is 7.72. The first-order chi connectivity index (χ1) is 15.2. The summed E-state index contributed by atoms with van der Waals surface area (Å²) in [5.74, 6) is -0.359. The Labute approximate surface area is 188 Å². The highest BCUT2D eigenvalue weighted by Crippen LogP contribution is 2.18. The number of carbonyl (C=O) groups is 1. The number of aryl methyl sites for hydroxylation is 1. The van der Waals surface area contributed by atoms with Crippen LogP contribution in [0.4, 0.5) is 14.9 Å². The molecule has 3 rings (SSSR count). The third kappa shape index (κ3) is 6.02. The zero-order valence-electron chi connectivity index (χ0n) is 18.6. The van der Waals surface area contributed by atoms with Gasteiger partial charge in [0, 0.05) is 56.1 Å². The van der Waals surface area contributed by atoms with Crippen molar-refractivity contribution in [1.29, 1.82) is 0 Å². The summed E-state index contributed by atoms with van der Waals surface area (Å²) in [7, 11) is -3.27. The van der Waals surface area contributed by atoms with Crippen molar-refractivity contribution in [1.82, 2.24) is 19.5 Å². The monoisotopic (exact) mass is 463 g/mol. The van der Waals surface area contributed by atoms with Crippen LogP contribution in [0.5, 0.6) is 0 Å². The molecule has 0 atom stereocenters. The molecule has 2 amide bonds. The number of hydrogen-bond donors (Lipinski definition) is 2. The van der Waals surface area contributed by atoms with Crippen LogP contribution in [0.3, 0.4) is 0 Å². The lowest BCUT2D eigenvalue weighted by Crippen LogP contribution is -2.50. The molecule has 1 aromatic heterocycles. The minimum absolute atomic E-state index is 0.0468. The molecule has 2 heterocycles. The summed E-state index contributed by atoms with van der Waals surface area (Å²) < 4.78 is 41.1. The second-order valence-corrected chi connectivity index (χ2v) is 10.6. The average molecular weight is 464 g/mol. The van der Waals surface area contributed by atoms with E-state index in [1.165, 1.54) is 4.31 Å². The first kappa shape index (κ1) is 24.1. The smallest absolute Gasteiger partial charge is 0.319 e. The van der Waals surface area contributed by atoms with Crippen LogP contribution in [0.2, 0.25) is 0 Å². The number of carbonyl (C=O) groups excluding carboxylic acids is 1. The number of aromatic nitrogens is 1. The van der Waals surface area contributed by atoms with E-state index >= 15 is 4.39 Å². The van der Waals surface area contributed by atoms with Gasteiger partial charge in [-0.2, -0.15) is 4.31 Å². The zero-order valence-corrected chi connectivity index (χ0v) is 19.5. The number of urea groups is 1. The van der Waals surface area contributed by atoms with E-state index in [4.69, 9.17) is 0 Å². The summed E-state index contributed by atoms with van der Waals surface area (Å²) in [5, 5.41) is 4.88. The minimum atomic E-state index is -3.27. The predicted molar refractivity (Wildman–Crippen MR) is 122 cm³/mol. The molecule has 1 aliphatic rings. The van der Waals surface area contributed by atoms with Crippen molar-refractivity contribution < 1.29 is 17.6 Å². The number of sulfonamides is 1. The summed E-state index contributed by atoms with van der Waals surface area (Å²) in [6.45, 7) is 7.52. The van der Waals surface area contributed by atoms with E-state index in [1.807, 2.05) is 11.8 Å². The molecule has 1 saturated heterocycles. The molecule has 8 nitrogen and oxygen atoms in total. The van der Waals surface area contributed by atoms with Crippen LogP contribution in [0.15, 0.2) is 36.5 Å². The van der Waals surface area contributed by atoms with Crippen molar-refractivity contribution in [3.8, 4) is 0 Å². The number of halogens is 1. The molecular formula is C22H30FN5O3S. The maximum Gasteiger partial charge on any atom is 0.319 e. The average Bonchev–Trinajstić information content (AvgIpc) is 2.76. The number of hydrogen-bond acceptors (Lipinski definition) is 5. The second-order valence-electron chi connectivity index (χ2n) is 8.16. The molecule has 1 fully saturated rings. The topological polar surface area (TPSA) is 94.6 Å². The van der Waals surface area contributed by atoms with Crippen LogP contribution < -0.4 is 10.6 Å². The number of rotatable bonds is 7. The Morgan fingerprint density at radius 3 is 2.44 bits per heavy atom. The lowest BCUT2D eigenvalue weighted by Gasteiger charge is -2.35. The van der Waals surface area contributed by atoms with Crippen LogP contribution in [0, 0.1) is 12.7 Å². The number of amides is 2. The number of nitrogens with zero attached hydrogens (tertiary/aromatic N) is 3. The fourth-order valence-electron chi connectivity index (χ4n) is 3.47. The van der Waals surface area contributed by atoms with Crippen LogP contribution in [0.1, 0.15) is 30.7 Å². The third-order valence-electron chi connectivity index (χ3n) is 5.45. The Morgan fingerprint density at radius 1 is 1.12 bits per heavy atom. The highest BCUT2D eigenvalue weighted by molar-refractivity contribution is 7.89. The van der Waals surface area contributed by atoms with Crippen LogP contribution >= 0.6 is 0 Å². The van der Waals surface area contributed by atoms with Gasteiger partial charge in [0.15, 0.2) is 0 Å². The number of nitrogens with one attached hydrogen (secondary N) is 2. The minimum Gasteiger partial charge on any atom is -0.334 e. The van der Waals surface area contributed by atoms with Gasteiger partial charge in [-0.05, 0) is 32.9 Å². The van der Waals surface area contributed by atoms with Gasteiger partial charge in [0.2, 0.25) is 10.0 Å². The molecule has 1 aromatic carbocycles. The normalized spacial score (nSPS) is 15.7. The highest BCUT2D eigenvalue weighted by Gasteiger charge is 2.29. The maximum atomic E-state index is 15.0. The maximum absolute atomic E-state index is 15.0. The van der Waals surface area contributed by atoms with Gasteiger partial charge >= 0.3 is 6.03 Å². The number of benzene rings is 1. The van der Waals surface area contributed by atoms with Gasteiger partial charge in [0.05, 0.1) is 17.1 Å². The van der Waals surface area contributed by atoms with E-state index in [9.17, 15) is 13.2 Å². The Kier molecular flexibility index (Phi) is 7.81. The number of piperazine rings is 1. The summed E-state index contributed by atoms with van der Waals surface area (Å²) in [5.41, 5.74) is 2.31. The number of anilines is 1. The van der Waals surface area contributed by atoms with Crippen molar-refractivity contribution >= 4 is 21.7 Å². The van der Waals surface area contributed by atoms with Crippen molar-refractivity contribution in [2.45, 2.75) is 39.1 Å². The van der Waals surface area contributed by atoms with E-state index in [2.05, 4.69) is 15.6 Å². The van der Waals surface area contributed by atoms with Crippen LogP contribution in [-0.2, 0) is 23.1 Å². The van der Waals surface area contributed by atoms with Crippen molar-refractivity contribution in [3.63, 3.8) is 0 Å². The molecule has 174 valence electrons. The van der Waals surface area contributed by atoms with E-state index in [-0.39, 0.29) is 12.4 Å². The van der Waals surface area contributed by atoms with Gasteiger partial charge < -0.3 is 10.6 Å². The zero-order chi connectivity index (χ0) is 23.3. The second kappa shape index (κ2) is 10.4. The summed E-state index contributed by atoms with van der Waals surface area (Å²) in [6.07, 6.45) is 1.56. The lowest BCUT2D eigenvalue weighted by atomic mass is 10.1. The van der Waals surface area contributed by atoms with Crippen molar-refractivity contribution in [2.24, 2.45) is 0 Å². The van der Waals surface area contributed by atoms with E-state index in [0.29, 0.717) is 49.5 Å². The molecule has 1 aliphatic heterocycles. The first-order valence-electron chi connectivity index (χ1n) is 10.6. The van der Waals surface area contributed by atoms with Gasteiger partial charge in [0.1, 0.15) is 5.82 Å². The Bertz CT molecular complexity index is 1040. The molecule has 32 heavy (non-hydrogen) atoms. The van der Waals surface area contributed by atoms with Gasteiger partial charge in [-0.15, -0.1) is 0 Å². The lowest BCUT2D eigenvalue weighted by molar-refractivity contribution is 0.179. The fraction of sp³-hybridized carbons (Fsp3) is 0.455. The van der Waals surface area contributed by atoms with E-state index in [1.54, 1.807) is 50.4 Å². The Balaban J connectivity index is 1.54. The molecule has 2 N–H and O–H groups in total. The predicted octanol–water partition coefficient (Wildman–Crippen LogP) is 2.71. The number of pyridine rings is 1. The van der Waals surface area contributed by atoms with Gasteiger partial charge in [-0.1, -0.05) is 18.2 Å². The quantitative estimate of drug-likeness (QED) is 0.659. The van der Waals surface area contributed by atoms with E-state index < -0.39 is 21.3 Å². The summed E-state index contributed by atoms with van der Waals surface area (Å²) >= 11 is 0. The van der Waals surface area contributed by atoms with Crippen LogP contribution in [0.25, 0.3) is 0 Å². The Hall–Kier alpha value is -2.56. The standard InChI is InChI=1S/C22H30FN5O3S/c1-16(2)32(30,31)28-11-9-27(10-12-28)15-19-6-4-5-18(21(19)23)13-25-22(29)26-20-8-7-17(3)24-14-20/h4-8,14,16H,9-13,15H2,1-3H3,(H2,25,26,29). The van der Waals surface area contributed by atoms with Gasteiger partial charge in [-0.3, -0.25) is 9.88 Å². The molecule has 0 radical (unpaired) electrons. The van der Waals surface area contributed by atoms with Crippen LogP contribution in [-0.4, -0.2) is 60.1 Å². The fourth-order valence-corrected chi connectivity index (χ4v) is 4.73. The first-order valence-corrected chi connectivity index (χ1v) is 12.1. The van der Waals surface area contributed by atoms with Crippen molar-refractivity contribution in [2.75, 3.05) is 31.5 Å². The SMILES string of the molecule is Cc1ccc(NC(=O)NCc2cccc(CN3CCN(S(=O)(=O)C(C)C)CC3)c2F)cn1. The molecule has 0 aliphatic carbocycles. The molecule has 0 spiro atoms. The molecule has 0 saturated carbocycles. The Morgan fingerprint density at radius 2 is 1.81 bits per heavy atom. The molecule has 10 heteroatoms. The van der Waals surface area contributed by atoms with Crippen molar-refractivity contribution in [3.05, 3.63) is 59.2 Å². The molecular weight excluding hydrogens is 433 g/mol.